The number of nitrogens with one attached hydrogen (secondary N) is 1. The van der Waals surface area contributed by atoms with Gasteiger partial charge in [0.1, 0.15) is 0 Å². The number of halogens is 2. The van der Waals surface area contributed by atoms with Gasteiger partial charge in [-0.3, -0.25) is 0 Å². The molecule has 4 heteroatoms. The SMILES string of the molecule is C=CCCOCCNCC(F)(F)c1ccccc1. The predicted octanol–water partition coefficient (Wildman–Crippen LogP) is 2.96. The lowest BCUT2D eigenvalue weighted by Crippen LogP contribution is -2.32. The van der Waals surface area contributed by atoms with Gasteiger partial charge in [0.05, 0.1) is 19.8 Å². The van der Waals surface area contributed by atoms with Crippen LogP contribution in [0.1, 0.15) is 12.0 Å². The van der Waals surface area contributed by atoms with Crippen molar-refractivity contribution in [3.8, 4) is 0 Å². The Bertz CT molecular complexity index is 341. The molecule has 1 rings (SSSR count). The van der Waals surface area contributed by atoms with Crippen molar-refractivity contribution in [2.45, 2.75) is 12.3 Å². The zero-order valence-electron chi connectivity index (χ0n) is 10.4. The van der Waals surface area contributed by atoms with Gasteiger partial charge in [-0.15, -0.1) is 6.58 Å². The van der Waals surface area contributed by atoms with Gasteiger partial charge in [-0.2, -0.15) is 8.78 Å². The molecular weight excluding hydrogens is 236 g/mol. The van der Waals surface area contributed by atoms with Crippen LogP contribution >= 0.6 is 0 Å². The predicted molar refractivity (Wildman–Crippen MR) is 68.8 cm³/mol. The lowest BCUT2D eigenvalue weighted by molar-refractivity contribution is -0.00466. The molecule has 0 saturated heterocycles. The second-order valence-electron chi connectivity index (χ2n) is 3.94. The fourth-order valence-corrected chi connectivity index (χ4v) is 1.44. The first-order chi connectivity index (χ1) is 8.67. The minimum atomic E-state index is -2.84. The summed E-state index contributed by atoms with van der Waals surface area (Å²) in [4.78, 5) is 0. The van der Waals surface area contributed by atoms with E-state index < -0.39 is 5.92 Å². The van der Waals surface area contributed by atoms with Crippen LogP contribution in [0.4, 0.5) is 8.78 Å². The zero-order valence-corrected chi connectivity index (χ0v) is 10.4. The highest BCUT2D eigenvalue weighted by molar-refractivity contribution is 5.20. The van der Waals surface area contributed by atoms with Gasteiger partial charge in [0.25, 0.3) is 5.92 Å². The highest BCUT2D eigenvalue weighted by Gasteiger charge is 2.30. The number of alkyl halides is 2. The van der Waals surface area contributed by atoms with Crippen LogP contribution in [-0.2, 0) is 10.7 Å². The summed E-state index contributed by atoms with van der Waals surface area (Å²) in [6.45, 7) is 4.62. The van der Waals surface area contributed by atoms with Crippen LogP contribution in [0.5, 0.6) is 0 Å². The van der Waals surface area contributed by atoms with Crippen LogP contribution < -0.4 is 5.32 Å². The minimum Gasteiger partial charge on any atom is -0.380 e. The Kier molecular flexibility index (Phi) is 6.54. The van der Waals surface area contributed by atoms with Crippen molar-refractivity contribution in [3.63, 3.8) is 0 Å². The second-order valence-corrected chi connectivity index (χ2v) is 3.94. The number of ether oxygens (including phenoxy) is 1. The van der Waals surface area contributed by atoms with Crippen LogP contribution in [0.15, 0.2) is 43.0 Å². The Morgan fingerprint density at radius 1 is 1.22 bits per heavy atom. The lowest BCUT2D eigenvalue weighted by atomic mass is 10.1. The van der Waals surface area contributed by atoms with E-state index in [4.69, 9.17) is 4.74 Å². The van der Waals surface area contributed by atoms with Crippen molar-refractivity contribution in [1.29, 1.82) is 0 Å². The number of hydrogen-bond donors (Lipinski definition) is 1. The Hall–Kier alpha value is -1.26. The van der Waals surface area contributed by atoms with Crippen molar-refractivity contribution < 1.29 is 13.5 Å². The first kappa shape index (κ1) is 14.8. The molecule has 0 radical (unpaired) electrons. The van der Waals surface area contributed by atoms with E-state index in [1.54, 1.807) is 24.3 Å². The molecule has 0 spiro atoms. The molecule has 0 aliphatic carbocycles. The summed E-state index contributed by atoms with van der Waals surface area (Å²) in [7, 11) is 0. The molecule has 0 aliphatic rings. The lowest BCUT2D eigenvalue weighted by Gasteiger charge is -2.17. The van der Waals surface area contributed by atoms with Gasteiger partial charge in [-0.05, 0) is 6.42 Å². The number of rotatable bonds is 9. The molecule has 0 atom stereocenters. The molecule has 0 aliphatic heterocycles. The molecule has 0 saturated carbocycles. The fourth-order valence-electron chi connectivity index (χ4n) is 1.44. The Labute approximate surface area is 107 Å². The molecule has 0 bridgehead atoms. The summed E-state index contributed by atoms with van der Waals surface area (Å²) in [5, 5.41) is 2.70. The van der Waals surface area contributed by atoms with E-state index in [1.807, 2.05) is 0 Å². The molecule has 1 aromatic carbocycles. The highest BCUT2D eigenvalue weighted by atomic mass is 19.3. The van der Waals surface area contributed by atoms with E-state index in [0.29, 0.717) is 19.8 Å². The number of hydrogen-bond acceptors (Lipinski definition) is 2. The van der Waals surface area contributed by atoms with Gasteiger partial charge < -0.3 is 10.1 Å². The Balaban J connectivity index is 2.20. The molecule has 2 nitrogen and oxygen atoms in total. The maximum atomic E-state index is 13.7. The van der Waals surface area contributed by atoms with E-state index in [9.17, 15) is 8.78 Å². The molecule has 0 unspecified atom stereocenters. The first-order valence-electron chi connectivity index (χ1n) is 5.99. The van der Waals surface area contributed by atoms with Gasteiger partial charge in [-0.1, -0.05) is 36.4 Å². The quantitative estimate of drug-likeness (QED) is 0.541. The van der Waals surface area contributed by atoms with Crippen LogP contribution in [-0.4, -0.2) is 26.3 Å². The first-order valence-corrected chi connectivity index (χ1v) is 5.99. The van der Waals surface area contributed by atoms with E-state index in [0.717, 1.165) is 6.42 Å². The summed E-state index contributed by atoms with van der Waals surface area (Å²) in [5.74, 6) is -2.84. The van der Waals surface area contributed by atoms with E-state index in [-0.39, 0.29) is 12.1 Å². The van der Waals surface area contributed by atoms with Crippen molar-refractivity contribution in [2.75, 3.05) is 26.3 Å². The van der Waals surface area contributed by atoms with Crippen LogP contribution in [0.2, 0.25) is 0 Å². The van der Waals surface area contributed by atoms with E-state index in [2.05, 4.69) is 11.9 Å². The number of benzene rings is 1. The van der Waals surface area contributed by atoms with Gasteiger partial charge >= 0.3 is 0 Å². The van der Waals surface area contributed by atoms with Crippen molar-refractivity contribution in [3.05, 3.63) is 48.6 Å². The van der Waals surface area contributed by atoms with E-state index in [1.165, 1.54) is 12.1 Å². The molecule has 1 N–H and O–H groups in total. The topological polar surface area (TPSA) is 21.3 Å². The standard InChI is InChI=1S/C14H19F2NO/c1-2-3-10-18-11-9-17-12-14(15,16)13-7-5-4-6-8-13/h2,4-8,17H,1,3,9-12H2. The average molecular weight is 255 g/mol. The summed E-state index contributed by atoms with van der Waals surface area (Å²) in [6, 6.07) is 7.81. The van der Waals surface area contributed by atoms with Gasteiger partial charge in [-0.25, -0.2) is 0 Å². The van der Waals surface area contributed by atoms with Crippen molar-refractivity contribution >= 4 is 0 Å². The molecule has 18 heavy (non-hydrogen) atoms. The second kappa shape index (κ2) is 7.95. The summed E-state index contributed by atoms with van der Waals surface area (Å²) < 4.78 is 32.6. The Morgan fingerprint density at radius 2 is 1.94 bits per heavy atom. The molecular formula is C14H19F2NO. The molecule has 0 amide bonds. The van der Waals surface area contributed by atoms with Crippen molar-refractivity contribution in [2.24, 2.45) is 0 Å². The molecule has 0 aromatic heterocycles. The molecule has 1 aromatic rings. The van der Waals surface area contributed by atoms with Gasteiger partial charge in [0.2, 0.25) is 0 Å². The zero-order chi connectivity index (χ0) is 13.3. The van der Waals surface area contributed by atoms with Crippen LogP contribution in [0.3, 0.4) is 0 Å². The highest BCUT2D eigenvalue weighted by Crippen LogP contribution is 2.26. The normalized spacial score (nSPS) is 11.4. The maximum absolute atomic E-state index is 13.7. The monoisotopic (exact) mass is 255 g/mol. The summed E-state index contributed by atoms with van der Waals surface area (Å²) >= 11 is 0. The fraction of sp³-hybridized carbons (Fsp3) is 0.429. The summed E-state index contributed by atoms with van der Waals surface area (Å²) in [6.07, 6.45) is 2.54. The minimum absolute atomic E-state index is 0.0325. The third kappa shape index (κ3) is 5.38. The largest absolute Gasteiger partial charge is 0.380 e. The van der Waals surface area contributed by atoms with Gasteiger partial charge in [0, 0.05) is 12.1 Å². The van der Waals surface area contributed by atoms with E-state index >= 15 is 0 Å². The van der Waals surface area contributed by atoms with Crippen LogP contribution in [0.25, 0.3) is 0 Å². The van der Waals surface area contributed by atoms with Gasteiger partial charge in [0.15, 0.2) is 0 Å². The summed E-state index contributed by atoms with van der Waals surface area (Å²) in [5.41, 5.74) is 0.0325. The third-order valence-electron chi connectivity index (χ3n) is 2.43. The Morgan fingerprint density at radius 3 is 2.61 bits per heavy atom. The third-order valence-corrected chi connectivity index (χ3v) is 2.43. The molecule has 0 fully saturated rings. The van der Waals surface area contributed by atoms with Crippen LogP contribution in [0, 0.1) is 0 Å². The maximum Gasteiger partial charge on any atom is 0.285 e. The molecule has 0 heterocycles. The van der Waals surface area contributed by atoms with Crippen molar-refractivity contribution in [1.82, 2.24) is 5.32 Å². The average Bonchev–Trinajstić information content (AvgIpc) is 2.39. The smallest absolute Gasteiger partial charge is 0.285 e. The molecule has 100 valence electrons.